The molecule has 3 nitrogen and oxygen atoms in total. The highest BCUT2D eigenvalue weighted by Crippen LogP contribution is 2.17. The molecule has 4 heteroatoms. The van der Waals surface area contributed by atoms with Gasteiger partial charge < -0.3 is 9.47 Å². The minimum absolute atomic E-state index is 0. The van der Waals surface area contributed by atoms with Crippen molar-refractivity contribution in [3.8, 4) is 5.75 Å². The molecule has 0 fully saturated rings. The van der Waals surface area contributed by atoms with Crippen LogP contribution in [-0.2, 0) is 17.7 Å². The first-order chi connectivity index (χ1) is 10.9. The van der Waals surface area contributed by atoms with E-state index in [0.717, 1.165) is 38.4 Å². The van der Waals surface area contributed by atoms with E-state index in [2.05, 4.69) is 29.2 Å². The van der Waals surface area contributed by atoms with E-state index in [0.29, 0.717) is 13.2 Å². The molecule has 1 heterocycles. The lowest BCUT2D eigenvalue weighted by Gasteiger charge is -2.28. The van der Waals surface area contributed by atoms with Gasteiger partial charge in [-0.1, -0.05) is 42.5 Å². The topological polar surface area (TPSA) is 21.7 Å². The van der Waals surface area contributed by atoms with Gasteiger partial charge in [0.15, 0.2) is 0 Å². The predicted molar refractivity (Wildman–Crippen MR) is 95.4 cm³/mol. The van der Waals surface area contributed by atoms with Gasteiger partial charge in [-0.3, -0.25) is 4.90 Å². The normalized spacial score (nSPS) is 13.9. The van der Waals surface area contributed by atoms with E-state index in [9.17, 15) is 0 Å². The molecule has 0 atom stereocenters. The molecule has 0 amide bonds. The highest BCUT2D eigenvalue weighted by atomic mass is 35.5. The minimum atomic E-state index is 0. The molecule has 0 spiro atoms. The van der Waals surface area contributed by atoms with Gasteiger partial charge >= 0.3 is 0 Å². The molecule has 23 heavy (non-hydrogen) atoms. The van der Waals surface area contributed by atoms with Crippen LogP contribution in [0.2, 0.25) is 0 Å². The van der Waals surface area contributed by atoms with Crippen molar-refractivity contribution >= 4 is 12.4 Å². The lowest BCUT2D eigenvalue weighted by Crippen LogP contribution is -2.33. The summed E-state index contributed by atoms with van der Waals surface area (Å²) in [7, 11) is 0. The number of hydrogen-bond acceptors (Lipinski definition) is 3. The fourth-order valence-electron chi connectivity index (χ4n) is 2.78. The number of fused-ring (bicyclic) bond motifs is 1. The highest BCUT2D eigenvalue weighted by Gasteiger charge is 2.14. The molecule has 2 aromatic carbocycles. The third-order valence-electron chi connectivity index (χ3n) is 4.00. The van der Waals surface area contributed by atoms with Crippen LogP contribution >= 0.6 is 12.4 Å². The molecule has 1 aliphatic heterocycles. The van der Waals surface area contributed by atoms with Crippen LogP contribution < -0.4 is 4.74 Å². The van der Waals surface area contributed by atoms with Crippen molar-refractivity contribution in [3.63, 3.8) is 0 Å². The monoisotopic (exact) mass is 333 g/mol. The molecule has 0 N–H and O–H groups in total. The Kier molecular flexibility index (Phi) is 7.40. The largest absolute Gasteiger partial charge is 0.491 e. The first-order valence-electron chi connectivity index (χ1n) is 7.96. The van der Waals surface area contributed by atoms with E-state index >= 15 is 0 Å². The second kappa shape index (κ2) is 9.56. The van der Waals surface area contributed by atoms with Crippen LogP contribution in [0.25, 0.3) is 0 Å². The zero-order valence-electron chi connectivity index (χ0n) is 13.3. The quantitative estimate of drug-likeness (QED) is 0.723. The lowest BCUT2D eigenvalue weighted by molar-refractivity contribution is 0.0766. The van der Waals surface area contributed by atoms with E-state index in [1.165, 1.54) is 11.1 Å². The van der Waals surface area contributed by atoms with E-state index in [1.54, 1.807) is 0 Å². The molecule has 0 saturated carbocycles. The second-order valence-corrected chi connectivity index (χ2v) is 5.57. The average molecular weight is 334 g/mol. The summed E-state index contributed by atoms with van der Waals surface area (Å²) in [5, 5.41) is 0. The standard InChI is InChI=1S/C19H23NO2.ClH/c1-2-8-19(9-3-1)22-15-14-21-13-12-20-11-10-17-6-4-5-7-18(17)16-20;/h1-9H,10-16H2;1H. The summed E-state index contributed by atoms with van der Waals surface area (Å²) in [4.78, 5) is 2.46. The summed E-state index contributed by atoms with van der Waals surface area (Å²) in [6.07, 6.45) is 1.15. The van der Waals surface area contributed by atoms with Crippen molar-refractivity contribution in [2.45, 2.75) is 13.0 Å². The lowest BCUT2D eigenvalue weighted by atomic mass is 10.0. The van der Waals surface area contributed by atoms with Crippen LogP contribution in [0.1, 0.15) is 11.1 Å². The van der Waals surface area contributed by atoms with Gasteiger partial charge in [-0.05, 0) is 29.7 Å². The average Bonchev–Trinajstić information content (AvgIpc) is 2.59. The van der Waals surface area contributed by atoms with Crippen molar-refractivity contribution in [2.24, 2.45) is 0 Å². The van der Waals surface area contributed by atoms with Crippen LogP contribution in [0.5, 0.6) is 5.75 Å². The Morgan fingerprint density at radius 3 is 2.39 bits per heavy atom. The number of para-hydroxylation sites is 1. The Morgan fingerprint density at radius 1 is 0.826 bits per heavy atom. The van der Waals surface area contributed by atoms with Crippen LogP contribution in [0.3, 0.4) is 0 Å². The summed E-state index contributed by atoms with van der Waals surface area (Å²) < 4.78 is 11.3. The van der Waals surface area contributed by atoms with Gasteiger partial charge in [0.2, 0.25) is 0 Å². The molecule has 2 aromatic rings. The first-order valence-corrected chi connectivity index (χ1v) is 7.96. The van der Waals surface area contributed by atoms with Gasteiger partial charge in [-0.25, -0.2) is 0 Å². The molecule has 1 aliphatic rings. The van der Waals surface area contributed by atoms with E-state index < -0.39 is 0 Å². The maximum Gasteiger partial charge on any atom is 0.119 e. The van der Waals surface area contributed by atoms with Crippen LogP contribution in [0, 0.1) is 0 Å². The number of nitrogens with zero attached hydrogens (tertiary/aromatic N) is 1. The maximum atomic E-state index is 5.68. The number of ether oxygens (including phenoxy) is 2. The van der Waals surface area contributed by atoms with Crippen LogP contribution in [0.15, 0.2) is 54.6 Å². The van der Waals surface area contributed by atoms with Gasteiger partial charge in [0, 0.05) is 19.6 Å². The zero-order valence-corrected chi connectivity index (χ0v) is 14.1. The first kappa shape index (κ1) is 17.8. The molecule has 3 rings (SSSR count). The Hall–Kier alpha value is -1.55. The molecule has 0 aliphatic carbocycles. The van der Waals surface area contributed by atoms with Crippen molar-refractivity contribution in [2.75, 3.05) is 32.9 Å². The van der Waals surface area contributed by atoms with Crippen molar-refractivity contribution in [3.05, 3.63) is 65.7 Å². The van der Waals surface area contributed by atoms with E-state index in [4.69, 9.17) is 9.47 Å². The summed E-state index contributed by atoms with van der Waals surface area (Å²) in [6, 6.07) is 18.6. The van der Waals surface area contributed by atoms with Crippen molar-refractivity contribution in [1.82, 2.24) is 4.90 Å². The Bertz CT molecular complexity index is 577. The van der Waals surface area contributed by atoms with Gasteiger partial charge in [-0.2, -0.15) is 0 Å². The Labute approximate surface area is 144 Å². The maximum absolute atomic E-state index is 5.68. The number of rotatable bonds is 7. The van der Waals surface area contributed by atoms with Gasteiger partial charge in [-0.15, -0.1) is 12.4 Å². The number of halogens is 1. The number of hydrogen-bond donors (Lipinski definition) is 0. The van der Waals surface area contributed by atoms with Gasteiger partial charge in [0.1, 0.15) is 12.4 Å². The fourth-order valence-corrected chi connectivity index (χ4v) is 2.78. The minimum Gasteiger partial charge on any atom is -0.491 e. The van der Waals surface area contributed by atoms with E-state index in [-0.39, 0.29) is 12.4 Å². The summed E-state index contributed by atoms with van der Waals surface area (Å²) in [6.45, 7) is 5.16. The Balaban J connectivity index is 0.00000192. The third-order valence-corrected chi connectivity index (χ3v) is 4.00. The predicted octanol–water partition coefficient (Wildman–Crippen LogP) is 3.56. The molecule has 0 bridgehead atoms. The summed E-state index contributed by atoms with van der Waals surface area (Å²) >= 11 is 0. The summed E-state index contributed by atoms with van der Waals surface area (Å²) in [5.41, 5.74) is 2.96. The van der Waals surface area contributed by atoms with Crippen LogP contribution in [0.4, 0.5) is 0 Å². The molecule has 0 unspecified atom stereocenters. The Morgan fingerprint density at radius 2 is 1.57 bits per heavy atom. The molecule has 0 aromatic heterocycles. The van der Waals surface area contributed by atoms with E-state index in [1.807, 2.05) is 30.3 Å². The van der Waals surface area contributed by atoms with Crippen LogP contribution in [-0.4, -0.2) is 37.8 Å². The summed E-state index contributed by atoms with van der Waals surface area (Å²) in [5.74, 6) is 0.902. The van der Waals surface area contributed by atoms with Gasteiger partial charge in [0.25, 0.3) is 0 Å². The number of benzene rings is 2. The van der Waals surface area contributed by atoms with Crippen molar-refractivity contribution in [1.29, 1.82) is 0 Å². The molecular weight excluding hydrogens is 310 g/mol. The van der Waals surface area contributed by atoms with Crippen molar-refractivity contribution < 1.29 is 9.47 Å². The molecular formula is C19H24ClNO2. The molecule has 0 saturated heterocycles. The highest BCUT2D eigenvalue weighted by molar-refractivity contribution is 5.85. The van der Waals surface area contributed by atoms with Gasteiger partial charge in [0.05, 0.1) is 13.2 Å². The SMILES string of the molecule is Cl.c1ccc(OCCOCCN2CCc3ccccc3C2)cc1. The third kappa shape index (κ3) is 5.54. The zero-order chi connectivity index (χ0) is 15.0. The second-order valence-electron chi connectivity index (χ2n) is 5.57. The smallest absolute Gasteiger partial charge is 0.119 e. The molecule has 124 valence electrons. The fraction of sp³-hybridized carbons (Fsp3) is 0.368. The molecule has 0 radical (unpaired) electrons.